The van der Waals surface area contributed by atoms with Crippen molar-refractivity contribution in [3.8, 4) is 0 Å². The third-order valence-corrected chi connectivity index (χ3v) is 5.57. The van der Waals surface area contributed by atoms with Gasteiger partial charge in [0.25, 0.3) is 0 Å². The number of sulfone groups is 1. The first kappa shape index (κ1) is 14.4. The van der Waals surface area contributed by atoms with Crippen LogP contribution in [0.3, 0.4) is 0 Å². The fourth-order valence-corrected chi connectivity index (χ4v) is 3.54. The average Bonchev–Trinajstić information content (AvgIpc) is 2.25. The van der Waals surface area contributed by atoms with Gasteiger partial charge in [0.2, 0.25) is 0 Å². The molecule has 2 N–H and O–H groups in total. The van der Waals surface area contributed by atoms with E-state index in [-0.39, 0.29) is 24.0 Å². The van der Waals surface area contributed by atoms with Gasteiger partial charge in [0.1, 0.15) is 16.0 Å². The Labute approximate surface area is 112 Å². The van der Waals surface area contributed by atoms with Gasteiger partial charge in [0.05, 0.1) is 13.2 Å². The largest absolute Gasteiger partial charge is 0.379 e. The van der Waals surface area contributed by atoms with Crippen molar-refractivity contribution in [2.75, 3.05) is 19.8 Å². The van der Waals surface area contributed by atoms with Crippen molar-refractivity contribution in [3.63, 3.8) is 0 Å². The van der Waals surface area contributed by atoms with Gasteiger partial charge in [-0.15, -0.1) is 0 Å². The molecule has 0 radical (unpaired) electrons. The molecule has 6 heteroatoms. The van der Waals surface area contributed by atoms with Crippen molar-refractivity contribution < 1.29 is 17.5 Å². The van der Waals surface area contributed by atoms with Crippen LogP contribution in [0.25, 0.3) is 0 Å². The Morgan fingerprint density at radius 3 is 2.63 bits per heavy atom. The van der Waals surface area contributed by atoms with Crippen LogP contribution in [0, 0.1) is 5.82 Å². The van der Waals surface area contributed by atoms with Crippen LogP contribution in [0.1, 0.15) is 24.8 Å². The minimum absolute atomic E-state index is 0.114. The third kappa shape index (κ3) is 2.80. The monoisotopic (exact) mass is 287 g/mol. The van der Waals surface area contributed by atoms with Crippen molar-refractivity contribution >= 4 is 9.84 Å². The van der Waals surface area contributed by atoms with Crippen molar-refractivity contribution in [1.29, 1.82) is 0 Å². The number of nitrogens with two attached hydrogens (primary N) is 1. The molecule has 1 aromatic carbocycles. The van der Waals surface area contributed by atoms with Gasteiger partial charge in [-0.25, -0.2) is 12.8 Å². The van der Waals surface area contributed by atoms with Gasteiger partial charge in [0.15, 0.2) is 9.84 Å². The summed E-state index contributed by atoms with van der Waals surface area (Å²) in [5, 5.41) is -0.616. The molecule has 1 saturated heterocycles. The second-order valence-electron chi connectivity index (χ2n) is 4.87. The first-order chi connectivity index (χ1) is 8.96. The fraction of sp³-hybridized carbons (Fsp3) is 0.538. The maximum absolute atomic E-state index is 14.0. The van der Waals surface area contributed by atoms with E-state index < -0.39 is 20.9 Å². The second-order valence-corrected chi connectivity index (χ2v) is 7.07. The van der Waals surface area contributed by atoms with Gasteiger partial charge in [-0.3, -0.25) is 0 Å². The van der Waals surface area contributed by atoms with Crippen LogP contribution in [-0.4, -0.2) is 33.4 Å². The lowest BCUT2D eigenvalue weighted by atomic mass is 9.98. The topological polar surface area (TPSA) is 69.4 Å². The molecule has 2 rings (SSSR count). The molecule has 0 saturated carbocycles. The molecule has 0 bridgehead atoms. The van der Waals surface area contributed by atoms with Crippen LogP contribution >= 0.6 is 0 Å². The number of halogens is 1. The summed E-state index contributed by atoms with van der Waals surface area (Å²) in [7, 11) is -3.61. The Morgan fingerprint density at radius 2 is 2.16 bits per heavy atom. The molecular weight excluding hydrogens is 269 g/mol. The van der Waals surface area contributed by atoms with Crippen LogP contribution in [0.5, 0.6) is 0 Å². The normalized spacial score (nSPS) is 18.1. The standard InChI is InChI=1S/C13H18FNO3S/c1-9(4-5-15)10-2-3-13(12(14)6-10)19(16,17)11-7-18-8-11/h2-3,6,9,11H,4-5,7-8,15H2,1H3. The molecule has 19 heavy (non-hydrogen) atoms. The molecular formula is C13H18FNO3S. The van der Waals surface area contributed by atoms with Crippen molar-refractivity contribution in [1.82, 2.24) is 0 Å². The Hall–Kier alpha value is -0.980. The predicted molar refractivity (Wildman–Crippen MR) is 70.3 cm³/mol. The minimum Gasteiger partial charge on any atom is -0.379 e. The van der Waals surface area contributed by atoms with Crippen LogP contribution in [0.15, 0.2) is 23.1 Å². The van der Waals surface area contributed by atoms with Crippen molar-refractivity contribution in [2.45, 2.75) is 29.4 Å². The number of hydrogen-bond donors (Lipinski definition) is 1. The molecule has 4 nitrogen and oxygen atoms in total. The van der Waals surface area contributed by atoms with Crippen LogP contribution in [0.2, 0.25) is 0 Å². The molecule has 1 heterocycles. The van der Waals surface area contributed by atoms with E-state index >= 15 is 0 Å². The lowest BCUT2D eigenvalue weighted by Crippen LogP contribution is -2.40. The van der Waals surface area contributed by atoms with E-state index in [1.807, 2.05) is 6.92 Å². The summed E-state index contributed by atoms with van der Waals surface area (Å²) in [6, 6.07) is 4.31. The first-order valence-electron chi connectivity index (χ1n) is 6.28. The summed E-state index contributed by atoms with van der Waals surface area (Å²) >= 11 is 0. The summed E-state index contributed by atoms with van der Waals surface area (Å²) in [5.41, 5.74) is 6.24. The fourth-order valence-electron chi connectivity index (χ4n) is 2.04. The van der Waals surface area contributed by atoms with Gasteiger partial charge in [-0.1, -0.05) is 13.0 Å². The molecule has 0 spiro atoms. The highest BCUT2D eigenvalue weighted by Crippen LogP contribution is 2.27. The maximum Gasteiger partial charge on any atom is 0.188 e. The Bertz CT molecular complexity index is 555. The zero-order valence-electron chi connectivity index (χ0n) is 10.8. The molecule has 0 aliphatic carbocycles. The maximum atomic E-state index is 14.0. The van der Waals surface area contributed by atoms with Crippen LogP contribution in [-0.2, 0) is 14.6 Å². The molecule has 0 amide bonds. The van der Waals surface area contributed by atoms with E-state index in [4.69, 9.17) is 10.5 Å². The highest BCUT2D eigenvalue weighted by Gasteiger charge is 2.35. The second kappa shape index (κ2) is 5.56. The van der Waals surface area contributed by atoms with Crippen molar-refractivity contribution in [3.05, 3.63) is 29.6 Å². The predicted octanol–water partition coefficient (Wildman–Crippen LogP) is 1.45. The summed E-state index contributed by atoms with van der Waals surface area (Å²) < 4.78 is 43.1. The molecule has 1 unspecified atom stereocenters. The molecule has 106 valence electrons. The molecule has 1 atom stereocenters. The molecule has 1 aromatic rings. The van der Waals surface area contributed by atoms with E-state index in [2.05, 4.69) is 0 Å². The molecule has 1 fully saturated rings. The van der Waals surface area contributed by atoms with Gasteiger partial charge in [-0.05, 0) is 36.6 Å². The van der Waals surface area contributed by atoms with Gasteiger partial charge >= 0.3 is 0 Å². The summed E-state index contributed by atoms with van der Waals surface area (Å²) in [6.07, 6.45) is 0.738. The lowest BCUT2D eigenvalue weighted by Gasteiger charge is -2.26. The smallest absolute Gasteiger partial charge is 0.188 e. The quantitative estimate of drug-likeness (QED) is 0.890. The highest BCUT2D eigenvalue weighted by atomic mass is 32.2. The average molecular weight is 287 g/mol. The van der Waals surface area contributed by atoms with Crippen LogP contribution < -0.4 is 5.73 Å². The van der Waals surface area contributed by atoms with E-state index in [0.717, 1.165) is 12.0 Å². The highest BCUT2D eigenvalue weighted by molar-refractivity contribution is 7.92. The Kier molecular flexibility index (Phi) is 4.23. The van der Waals surface area contributed by atoms with E-state index in [1.54, 1.807) is 6.07 Å². The van der Waals surface area contributed by atoms with E-state index in [0.29, 0.717) is 6.54 Å². The van der Waals surface area contributed by atoms with Gasteiger partial charge < -0.3 is 10.5 Å². The number of rotatable bonds is 5. The van der Waals surface area contributed by atoms with E-state index in [9.17, 15) is 12.8 Å². The zero-order valence-corrected chi connectivity index (χ0v) is 11.6. The van der Waals surface area contributed by atoms with E-state index in [1.165, 1.54) is 12.1 Å². The lowest BCUT2D eigenvalue weighted by molar-refractivity contribution is 0.0415. The first-order valence-corrected chi connectivity index (χ1v) is 7.82. The summed E-state index contributed by atoms with van der Waals surface area (Å²) in [6.45, 7) is 2.75. The Balaban J connectivity index is 2.29. The number of ether oxygens (including phenoxy) is 1. The molecule has 1 aliphatic rings. The minimum atomic E-state index is -3.61. The number of benzene rings is 1. The SMILES string of the molecule is CC(CCN)c1ccc(S(=O)(=O)C2COC2)c(F)c1. The summed E-state index contributed by atoms with van der Waals surface area (Å²) in [4.78, 5) is -0.232. The number of hydrogen-bond acceptors (Lipinski definition) is 4. The van der Waals surface area contributed by atoms with Gasteiger partial charge in [0, 0.05) is 0 Å². The van der Waals surface area contributed by atoms with Gasteiger partial charge in [-0.2, -0.15) is 0 Å². The summed E-state index contributed by atoms with van der Waals surface area (Å²) in [5.74, 6) is -0.573. The molecule has 0 aromatic heterocycles. The zero-order chi connectivity index (χ0) is 14.0. The third-order valence-electron chi connectivity index (χ3n) is 3.48. The van der Waals surface area contributed by atoms with Crippen LogP contribution in [0.4, 0.5) is 4.39 Å². The van der Waals surface area contributed by atoms with Crippen molar-refractivity contribution in [2.24, 2.45) is 5.73 Å². The Morgan fingerprint density at radius 1 is 1.47 bits per heavy atom. The molecule has 1 aliphatic heterocycles.